The lowest BCUT2D eigenvalue weighted by molar-refractivity contribution is -0.129. The van der Waals surface area contributed by atoms with Gasteiger partial charge >= 0.3 is 0 Å². The number of carbonyl (C=O) groups excluding carboxylic acids is 2. The Labute approximate surface area is 254 Å². The van der Waals surface area contributed by atoms with Gasteiger partial charge in [-0.2, -0.15) is 14.0 Å². The van der Waals surface area contributed by atoms with Gasteiger partial charge in [-0.25, -0.2) is 5.43 Å². The number of allylic oxidation sites excluding steroid dienone is 1. The molecule has 0 spiro atoms. The third-order valence-corrected chi connectivity index (χ3v) is 8.24. The van der Waals surface area contributed by atoms with E-state index in [0.717, 1.165) is 25.9 Å². The van der Waals surface area contributed by atoms with Gasteiger partial charge in [0.25, 0.3) is 11.8 Å². The molecule has 3 aliphatic rings. The van der Waals surface area contributed by atoms with Crippen LogP contribution in [0.25, 0.3) is 0 Å². The number of alkyl halides is 2. The van der Waals surface area contributed by atoms with Crippen molar-refractivity contribution in [1.82, 2.24) is 15.8 Å². The fourth-order valence-electron chi connectivity index (χ4n) is 5.92. The topological polar surface area (TPSA) is 110 Å². The second kappa shape index (κ2) is 12.1. The first-order chi connectivity index (χ1) is 21.3. The van der Waals surface area contributed by atoms with E-state index < -0.39 is 17.9 Å². The molecule has 3 aromatic carbocycles. The summed E-state index contributed by atoms with van der Waals surface area (Å²) in [5.74, 6) is -4.24. The molecule has 3 aliphatic heterocycles. The van der Waals surface area contributed by atoms with Gasteiger partial charge in [0.15, 0.2) is 0 Å². The second-order valence-corrected chi connectivity index (χ2v) is 11.1. The summed E-state index contributed by atoms with van der Waals surface area (Å²) in [6, 6.07) is 19.4. The minimum atomic E-state index is -3.20. The number of nitriles is 1. The van der Waals surface area contributed by atoms with Crippen LogP contribution in [-0.4, -0.2) is 48.6 Å². The van der Waals surface area contributed by atoms with Crippen molar-refractivity contribution in [3.05, 3.63) is 101 Å². The lowest BCUT2D eigenvalue weighted by Gasteiger charge is -2.36. The number of nitrogens with zero attached hydrogens (tertiary/aromatic N) is 3. The average molecular weight is 599 g/mol. The molecular weight excluding hydrogens is 566 g/mol. The van der Waals surface area contributed by atoms with Gasteiger partial charge in [-0.15, -0.1) is 0 Å². The Morgan fingerprint density at radius 1 is 1.05 bits per heavy atom. The summed E-state index contributed by atoms with van der Waals surface area (Å²) in [5, 5.41) is 17.5. The second-order valence-electron chi connectivity index (χ2n) is 11.1. The summed E-state index contributed by atoms with van der Waals surface area (Å²) >= 11 is 0. The van der Waals surface area contributed by atoms with Crippen molar-refractivity contribution in [3.8, 4) is 11.8 Å². The van der Waals surface area contributed by atoms with Gasteiger partial charge < -0.3 is 20.4 Å². The fourth-order valence-corrected chi connectivity index (χ4v) is 5.92. The molecule has 9 nitrogen and oxygen atoms in total. The molecule has 2 atom stereocenters. The highest BCUT2D eigenvalue weighted by atomic mass is 19.3. The zero-order valence-corrected chi connectivity index (χ0v) is 24.1. The molecule has 2 fully saturated rings. The van der Waals surface area contributed by atoms with Crippen molar-refractivity contribution in [2.75, 3.05) is 29.9 Å². The summed E-state index contributed by atoms with van der Waals surface area (Å²) in [4.78, 5) is 28.7. The standard InChI is InChI=1S/C33H32F2N6O3/c1-21-20-40-30(32(43)41(21)26-10-7-24(8-11-26)33(34,35)23-5-3-2-4-6-23)28(19-38-40)31(42)39-25-9-12-29(22(17-25)18-36)44-27-13-15-37-16-14-27/h2-12,17,20,27-28,30,37-38H,13-16,19H2,1H3,(H,39,42). The van der Waals surface area contributed by atoms with Crippen LogP contribution >= 0.6 is 0 Å². The van der Waals surface area contributed by atoms with E-state index in [2.05, 4.69) is 22.1 Å². The van der Waals surface area contributed by atoms with Gasteiger partial charge in [-0.05, 0) is 63.2 Å². The Hall–Kier alpha value is -4.79. The summed E-state index contributed by atoms with van der Waals surface area (Å²) in [6.45, 7) is 3.67. The summed E-state index contributed by atoms with van der Waals surface area (Å²) in [7, 11) is 0. The Bertz CT molecular complexity index is 1620. The number of benzene rings is 3. The third kappa shape index (κ3) is 5.62. The minimum Gasteiger partial charge on any atom is -0.489 e. The smallest absolute Gasteiger partial charge is 0.298 e. The number of nitrogens with one attached hydrogen (secondary N) is 3. The van der Waals surface area contributed by atoms with Crippen LogP contribution in [0.3, 0.4) is 0 Å². The molecule has 0 aliphatic carbocycles. The Kier molecular flexibility index (Phi) is 8.03. The number of piperidine rings is 1. The predicted molar refractivity (Wildman–Crippen MR) is 161 cm³/mol. The van der Waals surface area contributed by atoms with Crippen LogP contribution in [0.4, 0.5) is 20.2 Å². The van der Waals surface area contributed by atoms with E-state index in [1.54, 1.807) is 54.5 Å². The van der Waals surface area contributed by atoms with Crippen molar-refractivity contribution in [3.63, 3.8) is 0 Å². The van der Waals surface area contributed by atoms with Crippen molar-refractivity contribution in [1.29, 1.82) is 5.26 Å². The first-order valence-electron chi connectivity index (χ1n) is 14.6. The van der Waals surface area contributed by atoms with E-state index in [0.29, 0.717) is 28.4 Å². The third-order valence-electron chi connectivity index (χ3n) is 8.24. The average Bonchev–Trinajstić information content (AvgIpc) is 3.47. The van der Waals surface area contributed by atoms with Gasteiger partial charge in [-0.3, -0.25) is 14.5 Å². The molecule has 2 unspecified atom stereocenters. The van der Waals surface area contributed by atoms with Gasteiger partial charge in [0.2, 0.25) is 5.91 Å². The highest BCUT2D eigenvalue weighted by molar-refractivity contribution is 6.05. The van der Waals surface area contributed by atoms with E-state index >= 15 is 8.78 Å². The molecular formula is C33H32F2N6O3. The minimum absolute atomic E-state index is 0.0210. The molecule has 3 aromatic rings. The monoisotopic (exact) mass is 598 g/mol. The Morgan fingerprint density at radius 3 is 2.45 bits per heavy atom. The number of ether oxygens (including phenoxy) is 1. The molecule has 11 heteroatoms. The first-order valence-corrected chi connectivity index (χ1v) is 14.6. The number of hydrazine groups is 1. The molecule has 0 radical (unpaired) electrons. The lowest BCUT2D eigenvalue weighted by Crippen LogP contribution is -2.53. The van der Waals surface area contributed by atoms with Crippen LogP contribution in [-0.2, 0) is 15.5 Å². The quantitative estimate of drug-likeness (QED) is 0.368. The molecule has 0 aromatic heterocycles. The maximum absolute atomic E-state index is 15.1. The van der Waals surface area contributed by atoms with E-state index in [1.165, 1.54) is 41.3 Å². The molecule has 2 amide bonds. The largest absolute Gasteiger partial charge is 0.489 e. The highest BCUT2D eigenvalue weighted by Crippen LogP contribution is 2.38. The Morgan fingerprint density at radius 2 is 1.75 bits per heavy atom. The number of carbonyl (C=O) groups is 2. The molecule has 2 saturated heterocycles. The molecule has 3 N–H and O–H groups in total. The number of rotatable bonds is 7. The number of hydrogen-bond acceptors (Lipinski definition) is 7. The predicted octanol–water partition coefficient (Wildman–Crippen LogP) is 4.48. The number of halogens is 2. The van der Waals surface area contributed by atoms with E-state index in [9.17, 15) is 14.9 Å². The molecule has 0 bridgehead atoms. The normalized spacial score (nSPS) is 20.5. The Balaban J connectivity index is 1.17. The van der Waals surface area contributed by atoms with Gasteiger partial charge in [-0.1, -0.05) is 42.5 Å². The fraction of sp³-hybridized carbons (Fsp3) is 0.303. The maximum Gasteiger partial charge on any atom is 0.298 e. The molecule has 44 heavy (non-hydrogen) atoms. The zero-order chi connectivity index (χ0) is 30.8. The summed E-state index contributed by atoms with van der Waals surface area (Å²) < 4.78 is 36.3. The molecule has 0 saturated carbocycles. The SMILES string of the molecule is CC1=CN2NCC(C(=O)Nc3ccc(OC4CCNCC4)c(C#N)c3)C2C(=O)N1c1ccc(C(F)(F)c2ccccc2)cc1. The number of hydrogen-bond donors (Lipinski definition) is 3. The number of amides is 2. The van der Waals surface area contributed by atoms with Gasteiger partial charge in [0.1, 0.15) is 24.0 Å². The van der Waals surface area contributed by atoms with Crippen molar-refractivity contribution >= 4 is 23.2 Å². The van der Waals surface area contributed by atoms with Crippen LogP contribution in [0.15, 0.2) is 84.7 Å². The zero-order valence-electron chi connectivity index (χ0n) is 24.1. The van der Waals surface area contributed by atoms with E-state index in [-0.39, 0.29) is 35.6 Å². The van der Waals surface area contributed by atoms with Crippen LogP contribution in [0, 0.1) is 17.2 Å². The first kappa shape index (κ1) is 29.3. The molecule has 6 rings (SSSR count). The molecule has 3 heterocycles. The van der Waals surface area contributed by atoms with Crippen molar-refractivity contribution in [2.45, 2.75) is 37.8 Å². The van der Waals surface area contributed by atoms with Crippen molar-refractivity contribution in [2.24, 2.45) is 5.92 Å². The van der Waals surface area contributed by atoms with Crippen LogP contribution in [0.5, 0.6) is 5.75 Å². The van der Waals surface area contributed by atoms with Gasteiger partial charge in [0.05, 0.1) is 11.5 Å². The van der Waals surface area contributed by atoms with E-state index in [4.69, 9.17) is 4.74 Å². The number of anilines is 2. The number of fused-ring (bicyclic) bond motifs is 1. The van der Waals surface area contributed by atoms with Crippen molar-refractivity contribution < 1.29 is 23.1 Å². The van der Waals surface area contributed by atoms with Crippen LogP contribution in [0.1, 0.15) is 36.5 Å². The van der Waals surface area contributed by atoms with Gasteiger partial charge in [0, 0.05) is 40.9 Å². The van der Waals surface area contributed by atoms with Crippen LogP contribution in [0.2, 0.25) is 0 Å². The highest BCUT2D eigenvalue weighted by Gasteiger charge is 2.47. The maximum atomic E-state index is 15.1. The summed E-state index contributed by atoms with van der Waals surface area (Å²) in [6.07, 6.45) is 3.44. The molecule has 226 valence electrons. The summed E-state index contributed by atoms with van der Waals surface area (Å²) in [5.41, 5.74) is 4.52. The van der Waals surface area contributed by atoms with Crippen LogP contribution < -0.4 is 25.7 Å². The lowest BCUT2D eigenvalue weighted by atomic mass is 9.96. The van der Waals surface area contributed by atoms with E-state index in [1.807, 2.05) is 0 Å².